The first-order chi connectivity index (χ1) is 8.93. The molecule has 0 atom stereocenters. The first kappa shape index (κ1) is 12.7. The second-order valence-corrected chi connectivity index (χ2v) is 5.29. The van der Waals surface area contributed by atoms with Crippen LogP contribution in [0.5, 0.6) is 0 Å². The fraction of sp³-hybridized carbons (Fsp3) is 0.222. The maximum absolute atomic E-state index is 2.35. The van der Waals surface area contributed by atoms with E-state index in [2.05, 4.69) is 48.5 Å². The minimum atomic E-state index is 0. The molecule has 4 rings (SSSR count). The van der Waals surface area contributed by atoms with Crippen LogP contribution in [0.4, 0.5) is 0 Å². The van der Waals surface area contributed by atoms with Gasteiger partial charge in [0.05, 0.1) is 0 Å². The second kappa shape index (κ2) is 5.01. The molecule has 0 bridgehead atoms. The molecule has 0 aromatic heterocycles. The Bertz CT molecular complexity index is 743. The Morgan fingerprint density at radius 3 is 2.37 bits per heavy atom. The fourth-order valence-electron chi connectivity index (χ4n) is 3.34. The van der Waals surface area contributed by atoms with Gasteiger partial charge in [0, 0.05) is 0 Å². The summed E-state index contributed by atoms with van der Waals surface area (Å²) in [5.41, 5.74) is 3.17. The van der Waals surface area contributed by atoms with Gasteiger partial charge in [-0.05, 0) is 58.4 Å². The Labute approximate surface area is 124 Å². The third kappa shape index (κ3) is 1.99. The summed E-state index contributed by atoms with van der Waals surface area (Å²) >= 11 is 0. The van der Waals surface area contributed by atoms with Gasteiger partial charge < -0.3 is 0 Å². The summed E-state index contributed by atoms with van der Waals surface area (Å²) in [4.78, 5) is 0. The number of hydrogen-bond donors (Lipinski definition) is 0. The number of fused-ring (bicyclic) bond motifs is 5. The van der Waals surface area contributed by atoms with Crippen molar-refractivity contribution in [2.24, 2.45) is 0 Å². The van der Waals surface area contributed by atoms with Gasteiger partial charge in [0.1, 0.15) is 0 Å². The summed E-state index contributed by atoms with van der Waals surface area (Å²) in [6, 6.07) is 18.0. The van der Waals surface area contributed by atoms with Crippen LogP contribution in [0.25, 0.3) is 21.5 Å². The van der Waals surface area contributed by atoms with Crippen molar-refractivity contribution in [3.63, 3.8) is 0 Å². The van der Waals surface area contributed by atoms with Crippen LogP contribution < -0.4 is 0 Å². The Kier molecular flexibility index (Phi) is 3.36. The molecule has 0 aliphatic heterocycles. The maximum Gasteiger partial charge on any atom is -0.0102 e. The second-order valence-electron chi connectivity index (χ2n) is 5.29. The molecule has 0 amide bonds. The Morgan fingerprint density at radius 2 is 1.42 bits per heavy atom. The number of rotatable bonds is 0. The van der Waals surface area contributed by atoms with E-state index >= 15 is 0 Å². The zero-order valence-corrected chi connectivity index (χ0v) is 10.4. The average molecular weight is 309 g/mol. The average Bonchev–Trinajstić information content (AvgIpc) is 2.46. The molecule has 0 radical (unpaired) electrons. The van der Waals surface area contributed by atoms with Gasteiger partial charge in [-0.2, -0.15) is 0 Å². The van der Waals surface area contributed by atoms with Gasteiger partial charge in [-0.25, -0.2) is 0 Å². The molecule has 0 nitrogen and oxygen atoms in total. The van der Waals surface area contributed by atoms with E-state index in [4.69, 9.17) is 0 Å². The van der Waals surface area contributed by atoms with Crippen LogP contribution in [0.3, 0.4) is 0 Å². The van der Waals surface area contributed by atoms with Crippen molar-refractivity contribution in [1.29, 1.82) is 0 Å². The van der Waals surface area contributed by atoms with Gasteiger partial charge in [0.25, 0.3) is 0 Å². The quantitative estimate of drug-likeness (QED) is 0.441. The van der Waals surface area contributed by atoms with E-state index in [1.807, 2.05) is 0 Å². The number of hydrogen-bond acceptors (Lipinski definition) is 0. The van der Waals surface area contributed by atoms with Crippen molar-refractivity contribution in [3.05, 3.63) is 59.7 Å². The minimum Gasteiger partial charge on any atom is -0.0616 e. The van der Waals surface area contributed by atoms with Gasteiger partial charge in [-0.1, -0.05) is 48.5 Å². The summed E-state index contributed by atoms with van der Waals surface area (Å²) < 4.78 is 0. The first-order valence-electron chi connectivity index (χ1n) is 6.86. The minimum absolute atomic E-state index is 0. The molecule has 0 saturated carbocycles. The summed E-state index contributed by atoms with van der Waals surface area (Å²) in [6.45, 7) is 0. The zero-order chi connectivity index (χ0) is 11.9. The van der Waals surface area contributed by atoms with Crippen LogP contribution in [0.15, 0.2) is 48.5 Å². The van der Waals surface area contributed by atoms with Crippen molar-refractivity contribution < 1.29 is 0 Å². The van der Waals surface area contributed by atoms with E-state index in [1.165, 1.54) is 47.2 Å². The SMILES string of the molecule is [GeH4].c1ccc2c(c1)ccc1c3c(ccc12)CCCC3. The van der Waals surface area contributed by atoms with Crippen molar-refractivity contribution in [2.75, 3.05) is 0 Å². The largest absolute Gasteiger partial charge is 0.0616 e. The Morgan fingerprint density at radius 1 is 0.632 bits per heavy atom. The normalized spacial score (nSPS) is 14.1. The van der Waals surface area contributed by atoms with E-state index in [9.17, 15) is 0 Å². The summed E-state index contributed by atoms with van der Waals surface area (Å²) in [5.74, 6) is 0. The molecule has 0 spiro atoms. The van der Waals surface area contributed by atoms with E-state index in [-0.39, 0.29) is 17.6 Å². The smallest absolute Gasteiger partial charge is 0.0102 e. The molecule has 1 aliphatic rings. The van der Waals surface area contributed by atoms with Gasteiger partial charge in [-0.15, -0.1) is 0 Å². The molecule has 1 aliphatic carbocycles. The Hall–Kier alpha value is -1.28. The van der Waals surface area contributed by atoms with Gasteiger partial charge >= 0.3 is 17.6 Å². The molecule has 19 heavy (non-hydrogen) atoms. The van der Waals surface area contributed by atoms with Crippen LogP contribution in [-0.4, -0.2) is 17.6 Å². The van der Waals surface area contributed by atoms with Crippen LogP contribution in [0.2, 0.25) is 0 Å². The molecule has 0 N–H and O–H groups in total. The van der Waals surface area contributed by atoms with Gasteiger partial charge in [0.2, 0.25) is 0 Å². The number of aryl methyl sites for hydroxylation is 2. The van der Waals surface area contributed by atoms with Crippen LogP contribution >= 0.6 is 0 Å². The molecule has 0 heterocycles. The van der Waals surface area contributed by atoms with Crippen molar-refractivity contribution >= 4 is 39.1 Å². The van der Waals surface area contributed by atoms with Crippen LogP contribution in [-0.2, 0) is 12.8 Å². The van der Waals surface area contributed by atoms with Crippen molar-refractivity contribution in [3.8, 4) is 0 Å². The fourth-order valence-corrected chi connectivity index (χ4v) is 3.34. The summed E-state index contributed by atoms with van der Waals surface area (Å²) in [6.07, 6.45) is 5.22. The zero-order valence-electron chi connectivity index (χ0n) is 10.4. The monoisotopic (exact) mass is 310 g/mol. The predicted octanol–water partition coefficient (Wildman–Crippen LogP) is 3.42. The molecule has 96 valence electrons. The van der Waals surface area contributed by atoms with Gasteiger partial charge in [0.15, 0.2) is 0 Å². The van der Waals surface area contributed by atoms with Crippen molar-refractivity contribution in [1.82, 2.24) is 0 Å². The molecule has 3 aromatic rings. The molecule has 1 heteroatoms. The first-order valence-corrected chi connectivity index (χ1v) is 6.86. The topological polar surface area (TPSA) is 0 Å². The molecule has 0 saturated heterocycles. The maximum atomic E-state index is 2.35. The van der Waals surface area contributed by atoms with Crippen molar-refractivity contribution in [2.45, 2.75) is 25.7 Å². The van der Waals surface area contributed by atoms with Crippen LogP contribution in [0.1, 0.15) is 24.0 Å². The Balaban J connectivity index is 0.00000110. The molecular weight excluding hydrogens is 289 g/mol. The van der Waals surface area contributed by atoms with Gasteiger partial charge in [-0.3, -0.25) is 0 Å². The van der Waals surface area contributed by atoms with E-state index in [1.54, 1.807) is 11.1 Å². The number of benzene rings is 3. The van der Waals surface area contributed by atoms with E-state index in [0.717, 1.165) is 0 Å². The third-order valence-corrected chi connectivity index (χ3v) is 4.26. The third-order valence-electron chi connectivity index (χ3n) is 4.26. The van der Waals surface area contributed by atoms with E-state index in [0.29, 0.717) is 0 Å². The van der Waals surface area contributed by atoms with Crippen LogP contribution in [0, 0.1) is 0 Å². The molecular formula is C18H20Ge. The predicted molar refractivity (Wildman–Crippen MR) is 89.4 cm³/mol. The standard InChI is InChI=1S/C18H16.GeH4/c1-3-7-15-13(5-1)9-11-18-16-8-4-2-6-14(16)10-12-17(15)18;/h1,3,5,7,9-12H,2,4,6,8H2;1H4. The summed E-state index contributed by atoms with van der Waals surface area (Å²) in [7, 11) is 0. The molecule has 0 unspecified atom stereocenters. The molecule has 0 fully saturated rings. The summed E-state index contributed by atoms with van der Waals surface area (Å²) in [5, 5.41) is 5.64. The van der Waals surface area contributed by atoms with E-state index < -0.39 is 0 Å². The molecule has 3 aromatic carbocycles.